The number of rotatable bonds is 2. The molecular weight excluding hydrogens is 214 g/mol. The molecule has 1 fully saturated rings. The van der Waals surface area contributed by atoms with E-state index in [0.29, 0.717) is 6.61 Å². The van der Waals surface area contributed by atoms with E-state index < -0.39 is 6.10 Å². The molecule has 1 aliphatic heterocycles. The van der Waals surface area contributed by atoms with Crippen molar-refractivity contribution in [1.82, 2.24) is 4.98 Å². The van der Waals surface area contributed by atoms with Crippen LogP contribution in [0.25, 0.3) is 10.9 Å². The van der Waals surface area contributed by atoms with Gasteiger partial charge in [-0.25, -0.2) is 0 Å². The second-order valence-corrected chi connectivity index (χ2v) is 4.49. The Hall–Kier alpha value is -1.45. The zero-order chi connectivity index (χ0) is 11.7. The standard InChI is InChI=1S/C14H15NO2/c16-14(10-6-8-17-9-10)12-5-7-15-13-4-2-1-3-11(12)13/h1-5,7,10,14,16H,6,8-9H2. The monoisotopic (exact) mass is 229 g/mol. The Morgan fingerprint density at radius 2 is 2.18 bits per heavy atom. The van der Waals surface area contributed by atoms with Gasteiger partial charge in [-0.1, -0.05) is 18.2 Å². The fraction of sp³-hybridized carbons (Fsp3) is 0.357. The second-order valence-electron chi connectivity index (χ2n) is 4.49. The van der Waals surface area contributed by atoms with E-state index >= 15 is 0 Å². The fourth-order valence-electron chi connectivity index (χ4n) is 2.43. The van der Waals surface area contributed by atoms with Crippen LogP contribution in [-0.4, -0.2) is 23.3 Å². The molecular formula is C14H15NO2. The number of fused-ring (bicyclic) bond motifs is 1. The van der Waals surface area contributed by atoms with Gasteiger partial charge in [-0.2, -0.15) is 0 Å². The number of aliphatic hydroxyl groups is 1. The van der Waals surface area contributed by atoms with Gasteiger partial charge in [-0.15, -0.1) is 0 Å². The maximum Gasteiger partial charge on any atom is 0.0848 e. The molecule has 1 saturated heterocycles. The molecule has 1 aromatic heterocycles. The van der Waals surface area contributed by atoms with Crippen molar-refractivity contribution in [2.24, 2.45) is 5.92 Å². The first-order valence-electron chi connectivity index (χ1n) is 5.96. The normalized spacial score (nSPS) is 21.8. The van der Waals surface area contributed by atoms with Crippen LogP contribution in [0.5, 0.6) is 0 Å². The Labute approximate surface area is 100 Å². The highest BCUT2D eigenvalue weighted by atomic mass is 16.5. The molecule has 1 N–H and O–H groups in total. The summed E-state index contributed by atoms with van der Waals surface area (Å²) in [5.41, 5.74) is 1.90. The smallest absolute Gasteiger partial charge is 0.0848 e. The first kappa shape index (κ1) is 10.7. The van der Waals surface area contributed by atoms with Gasteiger partial charge >= 0.3 is 0 Å². The number of nitrogens with zero attached hydrogens (tertiary/aromatic N) is 1. The van der Waals surface area contributed by atoms with Crippen molar-refractivity contribution < 1.29 is 9.84 Å². The van der Waals surface area contributed by atoms with Crippen molar-refractivity contribution in [3.05, 3.63) is 42.1 Å². The van der Waals surface area contributed by atoms with Crippen LogP contribution in [0.2, 0.25) is 0 Å². The molecule has 2 atom stereocenters. The van der Waals surface area contributed by atoms with Gasteiger partial charge in [0.25, 0.3) is 0 Å². The SMILES string of the molecule is OC(c1ccnc2ccccc12)C1CCOC1. The summed E-state index contributed by atoms with van der Waals surface area (Å²) in [5, 5.41) is 11.4. The molecule has 0 spiro atoms. The lowest BCUT2D eigenvalue weighted by atomic mass is 9.93. The molecule has 3 rings (SSSR count). The third-order valence-corrected chi connectivity index (χ3v) is 3.41. The van der Waals surface area contributed by atoms with Crippen LogP contribution < -0.4 is 0 Å². The van der Waals surface area contributed by atoms with Gasteiger partial charge < -0.3 is 9.84 Å². The van der Waals surface area contributed by atoms with Crippen LogP contribution in [0.15, 0.2) is 36.5 Å². The summed E-state index contributed by atoms with van der Waals surface area (Å²) in [5.74, 6) is 0.209. The summed E-state index contributed by atoms with van der Waals surface area (Å²) < 4.78 is 5.34. The zero-order valence-corrected chi connectivity index (χ0v) is 9.54. The van der Waals surface area contributed by atoms with Crippen LogP contribution in [0.3, 0.4) is 0 Å². The number of benzene rings is 1. The second kappa shape index (κ2) is 4.43. The predicted molar refractivity (Wildman–Crippen MR) is 65.6 cm³/mol. The van der Waals surface area contributed by atoms with Crippen LogP contribution in [0.4, 0.5) is 0 Å². The van der Waals surface area contributed by atoms with Crippen LogP contribution in [-0.2, 0) is 4.74 Å². The topological polar surface area (TPSA) is 42.4 Å². The van der Waals surface area contributed by atoms with E-state index in [4.69, 9.17) is 4.74 Å². The van der Waals surface area contributed by atoms with E-state index in [2.05, 4.69) is 4.98 Å². The fourth-order valence-corrected chi connectivity index (χ4v) is 2.43. The molecule has 0 saturated carbocycles. The highest BCUT2D eigenvalue weighted by molar-refractivity contribution is 5.82. The van der Waals surface area contributed by atoms with E-state index in [9.17, 15) is 5.11 Å². The van der Waals surface area contributed by atoms with E-state index in [1.807, 2.05) is 30.3 Å². The quantitative estimate of drug-likeness (QED) is 0.859. The van der Waals surface area contributed by atoms with Crippen LogP contribution in [0.1, 0.15) is 18.1 Å². The molecule has 2 unspecified atom stereocenters. The van der Waals surface area contributed by atoms with E-state index in [1.165, 1.54) is 0 Å². The van der Waals surface area contributed by atoms with Gasteiger partial charge in [-0.3, -0.25) is 4.98 Å². The first-order chi connectivity index (χ1) is 8.36. The highest BCUT2D eigenvalue weighted by Crippen LogP contribution is 2.32. The lowest BCUT2D eigenvalue weighted by molar-refractivity contribution is 0.0928. The maximum atomic E-state index is 10.4. The highest BCUT2D eigenvalue weighted by Gasteiger charge is 2.26. The average molecular weight is 229 g/mol. The van der Waals surface area contributed by atoms with Crippen LogP contribution >= 0.6 is 0 Å². The van der Waals surface area contributed by atoms with Crippen molar-refractivity contribution >= 4 is 10.9 Å². The molecule has 1 aliphatic rings. The van der Waals surface area contributed by atoms with Crippen molar-refractivity contribution in [3.63, 3.8) is 0 Å². The van der Waals surface area contributed by atoms with E-state index in [-0.39, 0.29) is 5.92 Å². The molecule has 2 heterocycles. The molecule has 88 valence electrons. The molecule has 3 heteroatoms. The lowest BCUT2D eigenvalue weighted by Crippen LogP contribution is -2.12. The first-order valence-corrected chi connectivity index (χ1v) is 5.96. The van der Waals surface area contributed by atoms with E-state index in [1.54, 1.807) is 6.20 Å². The minimum Gasteiger partial charge on any atom is -0.388 e. The third-order valence-electron chi connectivity index (χ3n) is 3.41. The molecule has 3 nitrogen and oxygen atoms in total. The Bertz CT molecular complexity index is 515. The summed E-state index contributed by atoms with van der Waals surface area (Å²) in [6, 6.07) is 9.83. The van der Waals surface area contributed by atoms with Crippen molar-refractivity contribution in [2.45, 2.75) is 12.5 Å². The maximum absolute atomic E-state index is 10.4. The van der Waals surface area contributed by atoms with Gasteiger partial charge in [0.15, 0.2) is 0 Å². The molecule has 2 aromatic rings. The van der Waals surface area contributed by atoms with Crippen molar-refractivity contribution in [3.8, 4) is 0 Å². The van der Waals surface area contributed by atoms with Crippen molar-refractivity contribution in [2.75, 3.05) is 13.2 Å². The Kier molecular flexibility index (Phi) is 2.79. The minimum atomic E-state index is -0.453. The Morgan fingerprint density at radius 1 is 1.29 bits per heavy atom. The minimum absolute atomic E-state index is 0.209. The number of hydrogen-bond donors (Lipinski definition) is 1. The van der Waals surface area contributed by atoms with Gasteiger partial charge in [0, 0.05) is 24.1 Å². The number of ether oxygens (including phenoxy) is 1. The summed E-state index contributed by atoms with van der Waals surface area (Å²) in [6.07, 6.45) is 2.24. The van der Waals surface area contributed by atoms with E-state index in [0.717, 1.165) is 29.5 Å². The van der Waals surface area contributed by atoms with Gasteiger partial charge in [0.05, 0.1) is 18.2 Å². The predicted octanol–water partition coefficient (Wildman–Crippen LogP) is 2.30. The van der Waals surface area contributed by atoms with Crippen LogP contribution in [0, 0.1) is 5.92 Å². The molecule has 0 aliphatic carbocycles. The van der Waals surface area contributed by atoms with Gasteiger partial charge in [0.2, 0.25) is 0 Å². The largest absolute Gasteiger partial charge is 0.388 e. The Balaban J connectivity index is 2.04. The third kappa shape index (κ3) is 1.92. The summed E-state index contributed by atoms with van der Waals surface area (Å²) in [7, 11) is 0. The summed E-state index contributed by atoms with van der Waals surface area (Å²) in [6.45, 7) is 1.41. The molecule has 1 aromatic carbocycles. The number of pyridine rings is 1. The number of hydrogen-bond acceptors (Lipinski definition) is 3. The number of aliphatic hydroxyl groups excluding tert-OH is 1. The lowest BCUT2D eigenvalue weighted by Gasteiger charge is -2.18. The van der Waals surface area contributed by atoms with Gasteiger partial charge in [0.1, 0.15) is 0 Å². The number of para-hydroxylation sites is 1. The van der Waals surface area contributed by atoms with Crippen molar-refractivity contribution in [1.29, 1.82) is 0 Å². The number of aromatic nitrogens is 1. The molecule has 0 radical (unpaired) electrons. The molecule has 0 bridgehead atoms. The Morgan fingerprint density at radius 3 is 3.00 bits per heavy atom. The molecule has 0 amide bonds. The summed E-state index contributed by atoms with van der Waals surface area (Å²) >= 11 is 0. The molecule has 17 heavy (non-hydrogen) atoms. The average Bonchev–Trinajstić information content (AvgIpc) is 2.91. The zero-order valence-electron chi connectivity index (χ0n) is 9.54. The summed E-state index contributed by atoms with van der Waals surface area (Å²) in [4.78, 5) is 4.31. The van der Waals surface area contributed by atoms with Gasteiger partial charge in [-0.05, 0) is 24.1 Å².